The van der Waals surface area contributed by atoms with Crippen LogP contribution in [0.5, 0.6) is 0 Å². The molecule has 0 aliphatic rings. The Morgan fingerprint density at radius 2 is 1.44 bits per heavy atom. The molecule has 90 valence electrons. The molecule has 1 rings (SSSR count). The van der Waals surface area contributed by atoms with Gasteiger partial charge in [0.25, 0.3) is 0 Å². The van der Waals surface area contributed by atoms with Crippen molar-refractivity contribution in [3.63, 3.8) is 0 Å². The van der Waals surface area contributed by atoms with Gasteiger partial charge in [0.1, 0.15) is 0 Å². The van der Waals surface area contributed by atoms with Gasteiger partial charge in [0.05, 0.1) is 0 Å². The highest BCUT2D eigenvalue weighted by molar-refractivity contribution is 5.48. The minimum atomic E-state index is 0.362. The van der Waals surface area contributed by atoms with E-state index in [-0.39, 0.29) is 0 Å². The average Bonchev–Trinajstić information content (AvgIpc) is 2.16. The van der Waals surface area contributed by atoms with Crippen LogP contribution in [0.4, 0.5) is 5.69 Å². The number of benzene rings is 1. The van der Waals surface area contributed by atoms with Gasteiger partial charge in [0.15, 0.2) is 0 Å². The predicted octanol–water partition coefficient (Wildman–Crippen LogP) is 3.45. The molecule has 0 spiro atoms. The number of rotatable bonds is 4. The summed E-state index contributed by atoms with van der Waals surface area (Å²) < 4.78 is 0. The lowest BCUT2D eigenvalue weighted by molar-refractivity contribution is 0.123. The van der Waals surface area contributed by atoms with E-state index in [9.17, 15) is 0 Å². The van der Waals surface area contributed by atoms with Gasteiger partial charge in [-0.3, -0.25) is 4.90 Å². The molecule has 1 aromatic rings. The third-order valence-electron chi connectivity index (χ3n) is 3.09. The third-order valence-corrected chi connectivity index (χ3v) is 3.09. The van der Waals surface area contributed by atoms with Crippen LogP contribution >= 0.6 is 0 Å². The lowest BCUT2D eigenvalue weighted by Crippen LogP contribution is -2.39. The van der Waals surface area contributed by atoms with Crippen LogP contribution in [0.15, 0.2) is 24.3 Å². The number of hydrogen-bond acceptors (Lipinski definition) is 2. The first-order chi connectivity index (χ1) is 7.45. The zero-order valence-electron chi connectivity index (χ0n) is 11.1. The van der Waals surface area contributed by atoms with Crippen molar-refractivity contribution < 1.29 is 0 Å². The molecule has 0 fully saturated rings. The van der Waals surface area contributed by atoms with Crippen LogP contribution in [0.3, 0.4) is 0 Å². The van der Waals surface area contributed by atoms with Gasteiger partial charge in [-0.25, -0.2) is 0 Å². The molecule has 0 amide bonds. The van der Waals surface area contributed by atoms with Gasteiger partial charge in [0, 0.05) is 23.8 Å². The zero-order valence-corrected chi connectivity index (χ0v) is 11.1. The lowest BCUT2D eigenvalue weighted by Gasteiger charge is -2.37. The van der Waals surface area contributed by atoms with E-state index >= 15 is 0 Å². The van der Waals surface area contributed by atoms with Gasteiger partial charge in [-0.05, 0) is 46.2 Å². The van der Waals surface area contributed by atoms with Crippen molar-refractivity contribution in [3.05, 3.63) is 29.8 Å². The Hall–Kier alpha value is -1.02. The molecule has 0 aromatic heterocycles. The van der Waals surface area contributed by atoms with Crippen LogP contribution in [-0.2, 0) is 0 Å². The molecule has 0 heterocycles. The highest BCUT2D eigenvalue weighted by atomic mass is 15.2. The van der Waals surface area contributed by atoms with E-state index in [1.54, 1.807) is 0 Å². The van der Waals surface area contributed by atoms with Crippen molar-refractivity contribution in [2.45, 2.75) is 52.7 Å². The van der Waals surface area contributed by atoms with Gasteiger partial charge < -0.3 is 5.73 Å². The molecule has 16 heavy (non-hydrogen) atoms. The van der Waals surface area contributed by atoms with Gasteiger partial charge in [-0.1, -0.05) is 18.2 Å². The Morgan fingerprint density at radius 3 is 1.88 bits per heavy atom. The maximum atomic E-state index is 6.03. The fraction of sp³-hybridized carbons (Fsp3) is 0.571. The van der Waals surface area contributed by atoms with E-state index in [1.807, 2.05) is 12.1 Å². The molecule has 1 atom stereocenters. The fourth-order valence-corrected chi connectivity index (χ4v) is 2.54. The molecule has 0 aliphatic heterocycles. The topological polar surface area (TPSA) is 29.3 Å². The Morgan fingerprint density at radius 1 is 0.938 bits per heavy atom. The van der Waals surface area contributed by atoms with E-state index in [0.717, 1.165) is 5.69 Å². The Labute approximate surface area is 99.5 Å². The van der Waals surface area contributed by atoms with E-state index in [0.29, 0.717) is 18.1 Å². The number of nitrogens with zero attached hydrogens (tertiary/aromatic N) is 1. The van der Waals surface area contributed by atoms with E-state index in [1.165, 1.54) is 5.56 Å². The van der Waals surface area contributed by atoms with Crippen molar-refractivity contribution in [2.24, 2.45) is 0 Å². The summed E-state index contributed by atoms with van der Waals surface area (Å²) in [4.78, 5) is 2.48. The minimum absolute atomic E-state index is 0.362. The number of anilines is 1. The highest BCUT2D eigenvalue weighted by Gasteiger charge is 2.22. The summed E-state index contributed by atoms with van der Waals surface area (Å²) in [6.45, 7) is 11.2. The van der Waals surface area contributed by atoms with Crippen LogP contribution in [-0.4, -0.2) is 17.0 Å². The Kier molecular flexibility index (Phi) is 4.36. The van der Waals surface area contributed by atoms with E-state index < -0.39 is 0 Å². The molecular weight excluding hydrogens is 196 g/mol. The maximum Gasteiger partial charge on any atom is 0.0362 e. The summed E-state index contributed by atoms with van der Waals surface area (Å²) in [5.74, 6) is 0. The number of para-hydroxylation sites is 1. The molecule has 2 N–H and O–H groups in total. The number of nitrogen functional groups attached to an aromatic ring is 1. The SMILES string of the molecule is CC(C)N(C(C)C)C(C)c1ccccc1N. The first-order valence-electron chi connectivity index (χ1n) is 6.07. The summed E-state index contributed by atoms with van der Waals surface area (Å²) in [6, 6.07) is 9.55. The average molecular weight is 220 g/mol. The quantitative estimate of drug-likeness (QED) is 0.787. The summed E-state index contributed by atoms with van der Waals surface area (Å²) in [5, 5.41) is 0. The molecule has 0 bridgehead atoms. The minimum Gasteiger partial charge on any atom is -0.398 e. The van der Waals surface area contributed by atoms with Gasteiger partial charge in [-0.15, -0.1) is 0 Å². The molecule has 1 aromatic carbocycles. The second-order valence-corrected chi connectivity index (χ2v) is 4.94. The molecule has 0 saturated heterocycles. The van der Waals surface area contributed by atoms with Gasteiger partial charge in [-0.2, -0.15) is 0 Å². The van der Waals surface area contributed by atoms with Crippen LogP contribution in [0.2, 0.25) is 0 Å². The van der Waals surface area contributed by atoms with Gasteiger partial charge >= 0.3 is 0 Å². The van der Waals surface area contributed by atoms with Gasteiger partial charge in [0.2, 0.25) is 0 Å². The zero-order chi connectivity index (χ0) is 12.3. The normalized spacial score (nSPS) is 13.8. The van der Waals surface area contributed by atoms with Crippen LogP contribution in [0.1, 0.15) is 46.2 Å². The Balaban J connectivity index is 2.99. The molecule has 0 aliphatic carbocycles. The molecular formula is C14H24N2. The first-order valence-corrected chi connectivity index (χ1v) is 6.07. The third kappa shape index (κ3) is 2.76. The maximum absolute atomic E-state index is 6.03. The van der Waals surface area contributed by atoms with E-state index in [4.69, 9.17) is 5.73 Å². The summed E-state index contributed by atoms with van der Waals surface area (Å²) in [7, 11) is 0. The van der Waals surface area contributed by atoms with E-state index in [2.05, 4.69) is 51.7 Å². The lowest BCUT2D eigenvalue weighted by atomic mass is 10.0. The van der Waals surface area contributed by atoms with Crippen LogP contribution in [0.25, 0.3) is 0 Å². The highest BCUT2D eigenvalue weighted by Crippen LogP contribution is 2.28. The Bertz CT molecular complexity index is 323. The molecule has 1 unspecified atom stereocenters. The summed E-state index contributed by atoms with van der Waals surface area (Å²) in [6.07, 6.45) is 0. The van der Waals surface area contributed by atoms with Crippen molar-refractivity contribution in [3.8, 4) is 0 Å². The fourth-order valence-electron chi connectivity index (χ4n) is 2.54. The second kappa shape index (κ2) is 5.35. The summed E-state index contributed by atoms with van der Waals surface area (Å²) in [5.41, 5.74) is 8.15. The largest absolute Gasteiger partial charge is 0.398 e. The number of nitrogens with two attached hydrogens (primary N) is 1. The van der Waals surface area contributed by atoms with Crippen molar-refractivity contribution >= 4 is 5.69 Å². The predicted molar refractivity (Wildman–Crippen MR) is 71.4 cm³/mol. The molecule has 2 nitrogen and oxygen atoms in total. The smallest absolute Gasteiger partial charge is 0.0362 e. The molecule has 2 heteroatoms. The molecule has 0 saturated carbocycles. The molecule has 0 radical (unpaired) electrons. The number of hydrogen-bond donors (Lipinski definition) is 1. The standard InChI is InChI=1S/C14H24N2/c1-10(2)16(11(3)4)12(5)13-8-6-7-9-14(13)15/h6-12H,15H2,1-5H3. The van der Waals surface area contributed by atoms with Crippen LogP contribution in [0, 0.1) is 0 Å². The monoisotopic (exact) mass is 220 g/mol. The summed E-state index contributed by atoms with van der Waals surface area (Å²) >= 11 is 0. The van der Waals surface area contributed by atoms with Crippen molar-refractivity contribution in [1.82, 2.24) is 4.90 Å². The van der Waals surface area contributed by atoms with Crippen molar-refractivity contribution in [1.29, 1.82) is 0 Å². The van der Waals surface area contributed by atoms with Crippen molar-refractivity contribution in [2.75, 3.05) is 5.73 Å². The first kappa shape index (κ1) is 13.0. The van der Waals surface area contributed by atoms with Crippen LogP contribution < -0.4 is 5.73 Å². The second-order valence-electron chi connectivity index (χ2n) is 4.94.